The van der Waals surface area contributed by atoms with E-state index >= 15 is 0 Å². The maximum absolute atomic E-state index is 13.3. The molecule has 0 amide bonds. The van der Waals surface area contributed by atoms with Gasteiger partial charge in [-0.05, 0) is 43.0 Å². The van der Waals surface area contributed by atoms with E-state index in [4.69, 9.17) is 0 Å². The number of halogens is 2. The van der Waals surface area contributed by atoms with Crippen molar-refractivity contribution in [2.24, 2.45) is 5.92 Å². The quantitative estimate of drug-likeness (QED) is 0.522. The van der Waals surface area contributed by atoms with Crippen LogP contribution in [0.25, 0.3) is 0 Å². The summed E-state index contributed by atoms with van der Waals surface area (Å²) in [5.74, 6) is 0.550. The zero-order valence-corrected chi connectivity index (χ0v) is 15.2. The van der Waals surface area contributed by atoms with Crippen LogP contribution in [0.1, 0.15) is 70.9 Å². The Morgan fingerprint density at radius 3 is 2.52 bits per heavy atom. The maximum Gasteiger partial charge on any atom is 0.124 e. The number of benzene rings is 1. The third kappa shape index (κ3) is 6.48. The summed E-state index contributed by atoms with van der Waals surface area (Å²) in [6.45, 7) is 7.70. The van der Waals surface area contributed by atoms with Gasteiger partial charge in [0, 0.05) is 10.5 Å². The zero-order valence-electron chi connectivity index (χ0n) is 13.6. The van der Waals surface area contributed by atoms with E-state index in [1.165, 1.54) is 31.2 Å². The highest BCUT2D eigenvalue weighted by Gasteiger charge is 2.18. The van der Waals surface area contributed by atoms with Gasteiger partial charge in [0.2, 0.25) is 0 Å². The second kappa shape index (κ2) is 10.3. The van der Waals surface area contributed by atoms with Crippen molar-refractivity contribution in [3.05, 3.63) is 34.1 Å². The Balaban J connectivity index is 2.83. The summed E-state index contributed by atoms with van der Waals surface area (Å²) in [7, 11) is 0. The van der Waals surface area contributed by atoms with E-state index in [1.54, 1.807) is 12.1 Å². The molecular weight excluding hydrogens is 329 g/mol. The molecule has 0 spiro atoms. The minimum absolute atomic E-state index is 0.183. The molecule has 1 N–H and O–H groups in total. The molecule has 0 aromatic heterocycles. The van der Waals surface area contributed by atoms with Crippen molar-refractivity contribution >= 4 is 15.9 Å². The first-order valence-electron chi connectivity index (χ1n) is 8.30. The minimum atomic E-state index is -0.183. The van der Waals surface area contributed by atoms with Gasteiger partial charge in [0.25, 0.3) is 0 Å². The standard InChI is InChI=1S/C18H29BrFN/c1-4-7-8-14(6-3)12-18(21-11-5-2)16-10-9-15(20)13-17(16)19/h9-10,13-14,18,21H,4-8,11-12H2,1-3H3. The lowest BCUT2D eigenvalue weighted by atomic mass is 9.89. The summed E-state index contributed by atoms with van der Waals surface area (Å²) >= 11 is 3.52. The second-order valence-electron chi connectivity index (χ2n) is 5.82. The van der Waals surface area contributed by atoms with Crippen molar-refractivity contribution in [3.8, 4) is 0 Å². The highest BCUT2D eigenvalue weighted by Crippen LogP contribution is 2.31. The fraction of sp³-hybridized carbons (Fsp3) is 0.667. The number of rotatable bonds is 10. The van der Waals surface area contributed by atoms with Crippen LogP contribution >= 0.6 is 15.9 Å². The van der Waals surface area contributed by atoms with Crippen LogP contribution in [0.3, 0.4) is 0 Å². The van der Waals surface area contributed by atoms with E-state index in [-0.39, 0.29) is 5.82 Å². The van der Waals surface area contributed by atoms with Crippen molar-refractivity contribution in [1.29, 1.82) is 0 Å². The van der Waals surface area contributed by atoms with Gasteiger partial charge >= 0.3 is 0 Å². The largest absolute Gasteiger partial charge is 0.310 e. The Hall–Kier alpha value is -0.410. The van der Waals surface area contributed by atoms with Crippen molar-refractivity contribution in [1.82, 2.24) is 5.32 Å². The molecule has 0 fully saturated rings. The lowest BCUT2D eigenvalue weighted by Gasteiger charge is -2.25. The van der Waals surface area contributed by atoms with Crippen LogP contribution in [0.15, 0.2) is 22.7 Å². The van der Waals surface area contributed by atoms with Gasteiger partial charge < -0.3 is 5.32 Å². The van der Waals surface area contributed by atoms with Crippen LogP contribution in [0.4, 0.5) is 4.39 Å². The Kier molecular flexibility index (Phi) is 9.18. The minimum Gasteiger partial charge on any atom is -0.310 e. The summed E-state index contributed by atoms with van der Waals surface area (Å²) in [4.78, 5) is 0. The third-order valence-corrected chi connectivity index (χ3v) is 4.78. The molecule has 0 saturated heterocycles. The van der Waals surface area contributed by atoms with Gasteiger partial charge in [0.1, 0.15) is 5.82 Å². The summed E-state index contributed by atoms with van der Waals surface area (Å²) in [5, 5.41) is 3.63. The van der Waals surface area contributed by atoms with Crippen molar-refractivity contribution in [3.63, 3.8) is 0 Å². The lowest BCUT2D eigenvalue weighted by molar-refractivity contribution is 0.353. The first-order valence-corrected chi connectivity index (χ1v) is 9.09. The van der Waals surface area contributed by atoms with Gasteiger partial charge in [-0.15, -0.1) is 0 Å². The normalized spacial score (nSPS) is 14.1. The molecule has 0 saturated carbocycles. The van der Waals surface area contributed by atoms with Crippen LogP contribution in [0.5, 0.6) is 0 Å². The number of unbranched alkanes of at least 4 members (excludes halogenated alkanes) is 1. The predicted molar refractivity (Wildman–Crippen MR) is 93.1 cm³/mol. The van der Waals surface area contributed by atoms with Crippen molar-refractivity contribution in [2.45, 2.75) is 65.3 Å². The molecule has 0 heterocycles. The predicted octanol–water partition coefficient (Wildman–Crippen LogP) is 6.24. The molecule has 21 heavy (non-hydrogen) atoms. The third-order valence-electron chi connectivity index (χ3n) is 4.09. The van der Waals surface area contributed by atoms with E-state index in [1.807, 2.05) is 6.07 Å². The topological polar surface area (TPSA) is 12.0 Å². The molecule has 1 rings (SSSR count). The first kappa shape index (κ1) is 18.6. The van der Waals surface area contributed by atoms with E-state index in [0.717, 1.165) is 29.8 Å². The summed E-state index contributed by atoms with van der Waals surface area (Å²) in [6, 6.07) is 5.36. The van der Waals surface area contributed by atoms with Gasteiger partial charge in [0.05, 0.1) is 0 Å². The number of hydrogen-bond donors (Lipinski definition) is 1. The van der Waals surface area contributed by atoms with E-state index in [9.17, 15) is 4.39 Å². The van der Waals surface area contributed by atoms with E-state index < -0.39 is 0 Å². The Morgan fingerprint density at radius 1 is 1.19 bits per heavy atom. The monoisotopic (exact) mass is 357 g/mol. The molecule has 0 radical (unpaired) electrons. The summed E-state index contributed by atoms with van der Waals surface area (Å²) in [6.07, 6.45) is 7.29. The smallest absolute Gasteiger partial charge is 0.124 e. The molecule has 0 aliphatic rings. The Bertz CT molecular complexity index is 408. The van der Waals surface area contributed by atoms with Crippen molar-refractivity contribution in [2.75, 3.05) is 6.54 Å². The van der Waals surface area contributed by atoms with E-state index in [2.05, 4.69) is 42.0 Å². The first-order chi connectivity index (χ1) is 10.1. The van der Waals surface area contributed by atoms with Crippen LogP contribution in [0, 0.1) is 11.7 Å². The van der Waals surface area contributed by atoms with Crippen molar-refractivity contribution < 1.29 is 4.39 Å². The molecule has 0 aliphatic heterocycles. The fourth-order valence-electron chi connectivity index (χ4n) is 2.74. The van der Waals surface area contributed by atoms with Gasteiger partial charge in [-0.25, -0.2) is 4.39 Å². The van der Waals surface area contributed by atoms with Crippen LogP contribution in [0.2, 0.25) is 0 Å². The average Bonchev–Trinajstić information content (AvgIpc) is 2.47. The van der Waals surface area contributed by atoms with Crippen LogP contribution < -0.4 is 5.32 Å². The maximum atomic E-state index is 13.3. The SMILES string of the molecule is CCCCC(CC)CC(NCCC)c1ccc(F)cc1Br. The molecular formula is C18H29BrFN. The molecule has 1 aromatic carbocycles. The van der Waals surface area contributed by atoms with Gasteiger partial charge in [-0.2, -0.15) is 0 Å². The van der Waals surface area contributed by atoms with Gasteiger partial charge in [0.15, 0.2) is 0 Å². The zero-order chi connectivity index (χ0) is 15.7. The second-order valence-corrected chi connectivity index (χ2v) is 6.68. The highest BCUT2D eigenvalue weighted by molar-refractivity contribution is 9.10. The number of hydrogen-bond acceptors (Lipinski definition) is 1. The summed E-state index contributed by atoms with van der Waals surface area (Å²) in [5.41, 5.74) is 1.18. The number of nitrogens with one attached hydrogen (secondary N) is 1. The molecule has 1 aromatic rings. The Morgan fingerprint density at radius 2 is 1.95 bits per heavy atom. The van der Waals surface area contributed by atoms with Gasteiger partial charge in [-0.3, -0.25) is 0 Å². The molecule has 2 unspecified atom stereocenters. The van der Waals surface area contributed by atoms with E-state index in [0.29, 0.717) is 6.04 Å². The Labute approximate surface area is 137 Å². The average molecular weight is 358 g/mol. The van der Waals surface area contributed by atoms with Crippen LogP contribution in [-0.4, -0.2) is 6.54 Å². The molecule has 2 atom stereocenters. The molecule has 1 nitrogen and oxygen atoms in total. The molecule has 0 bridgehead atoms. The summed E-state index contributed by atoms with van der Waals surface area (Å²) < 4.78 is 14.2. The molecule has 3 heteroatoms. The fourth-order valence-corrected chi connectivity index (χ4v) is 3.36. The van der Waals surface area contributed by atoms with Crippen LogP contribution in [-0.2, 0) is 0 Å². The molecule has 0 aliphatic carbocycles. The highest BCUT2D eigenvalue weighted by atomic mass is 79.9. The lowest BCUT2D eigenvalue weighted by Crippen LogP contribution is -2.25. The van der Waals surface area contributed by atoms with Gasteiger partial charge in [-0.1, -0.05) is 68.5 Å². The molecule has 120 valence electrons.